The van der Waals surface area contributed by atoms with E-state index in [-0.39, 0.29) is 46.0 Å². The van der Waals surface area contributed by atoms with Crippen LogP contribution in [-0.2, 0) is 16.2 Å². The predicted molar refractivity (Wildman–Crippen MR) is 242 cm³/mol. The van der Waals surface area contributed by atoms with Crippen molar-refractivity contribution in [2.45, 2.75) is 77.6 Å². The van der Waals surface area contributed by atoms with Gasteiger partial charge in [-0.05, 0) is 112 Å². The lowest BCUT2D eigenvalue weighted by molar-refractivity contribution is -0.571. The van der Waals surface area contributed by atoms with Crippen LogP contribution < -0.4 is 9.30 Å². The van der Waals surface area contributed by atoms with Crippen molar-refractivity contribution in [2.75, 3.05) is 0 Å². The molecule has 0 fully saturated rings. The minimum absolute atomic E-state index is 0.0429. The Hall–Kier alpha value is -6.46. The van der Waals surface area contributed by atoms with Gasteiger partial charge in [-0.2, -0.15) is 0 Å². The molecule has 292 valence electrons. The van der Waals surface area contributed by atoms with Gasteiger partial charge in [0.15, 0.2) is 0 Å². The molecule has 59 heavy (non-hydrogen) atoms. The summed E-state index contributed by atoms with van der Waals surface area (Å²) in [7, 11) is 0. The Bertz CT molecular complexity index is 3340. The molecule has 0 bridgehead atoms. The van der Waals surface area contributed by atoms with E-state index < -0.39 is 6.04 Å². The van der Waals surface area contributed by atoms with Crippen LogP contribution in [0.2, 0.25) is 0 Å². The molecule has 6 aromatic carbocycles. The second kappa shape index (κ2) is 13.6. The maximum atomic E-state index is 9.11. The van der Waals surface area contributed by atoms with Gasteiger partial charge in [0.05, 0.1) is 40.3 Å². The zero-order valence-corrected chi connectivity index (χ0v) is 34.7. The minimum Gasteiger partial charge on any atom is -0.458 e. The first-order valence-corrected chi connectivity index (χ1v) is 20.4. The zero-order chi connectivity index (χ0) is 45.0. The average molecular weight is 776 g/mol. The van der Waals surface area contributed by atoms with Gasteiger partial charge in [-0.1, -0.05) is 133 Å². The summed E-state index contributed by atoms with van der Waals surface area (Å²) in [6.07, 6.45) is 7.49. The lowest BCUT2D eigenvalue weighted by Crippen LogP contribution is -2.37. The monoisotopic (exact) mass is 775 g/mol. The second-order valence-electron chi connectivity index (χ2n) is 18.2. The van der Waals surface area contributed by atoms with Crippen LogP contribution in [0.4, 0.5) is 0 Å². The molecule has 0 amide bonds. The third-order valence-corrected chi connectivity index (χ3v) is 12.3. The Morgan fingerprint density at radius 2 is 1.39 bits per heavy atom. The lowest BCUT2D eigenvalue weighted by atomic mass is 9.62. The standard InChI is InChI=1S/C54H50N4O/c1-52(2,3)37-26-29-55-51(30-37)58-46-21-12-11-20-41(46)42-25-24-40(32-50(42)58)59-39-19-15-18-38(31-39)56-35-57(48-23-14-13-22-47(48)56)49-34-45-44(53(4,5)27-28-54(45,6)7)33-43(49)36-16-9-8-10-17-36/h8-26,29-34H,27-28H2,1-7H3/i8D,9D,10D,16D,17D. The number of ether oxygens (including phenoxy) is 1. The number of nitrogens with zero attached hydrogens (tertiary/aromatic N) is 4. The zero-order valence-electron chi connectivity index (χ0n) is 39.7. The molecule has 0 aliphatic heterocycles. The van der Waals surface area contributed by atoms with Gasteiger partial charge in [0.2, 0.25) is 0 Å². The van der Waals surface area contributed by atoms with Crippen molar-refractivity contribution in [2.24, 2.45) is 0 Å². The smallest absolute Gasteiger partial charge is 0.269 e. The third kappa shape index (κ3) is 6.31. The number of benzene rings is 6. The van der Waals surface area contributed by atoms with E-state index in [0.29, 0.717) is 22.7 Å². The normalized spacial score (nSPS) is 16.0. The van der Waals surface area contributed by atoms with E-state index in [1.807, 2.05) is 69.9 Å². The molecule has 5 heteroatoms. The van der Waals surface area contributed by atoms with Crippen molar-refractivity contribution in [1.82, 2.24) is 14.1 Å². The SMILES string of the molecule is [2H]c1c([2H])c([2H])c(-c2cc3c(cc2-[n+]2[c-]n(-c4cccc(Oc5ccc6c7ccccc7n(-c7cc(C(C)(C)C)ccn7)c6c5)c4)c4ccccc42)C(C)(C)CCC3(C)C)c([2H])c1[2H]. The molecule has 3 heterocycles. The summed E-state index contributed by atoms with van der Waals surface area (Å²) in [4.78, 5) is 4.85. The van der Waals surface area contributed by atoms with Crippen LogP contribution >= 0.6 is 0 Å². The van der Waals surface area contributed by atoms with E-state index in [2.05, 4.69) is 120 Å². The van der Waals surface area contributed by atoms with Crippen LogP contribution in [0, 0.1) is 6.33 Å². The fourth-order valence-corrected chi connectivity index (χ4v) is 8.89. The molecule has 0 N–H and O–H groups in total. The molecule has 0 unspecified atom stereocenters. The molecule has 3 aromatic heterocycles. The Morgan fingerprint density at radius 3 is 2.17 bits per heavy atom. The number of para-hydroxylation sites is 3. The molecule has 10 rings (SSSR count). The molecular formula is C54H50N4O. The Morgan fingerprint density at radius 1 is 0.695 bits per heavy atom. The number of aromatic nitrogens is 4. The van der Waals surface area contributed by atoms with Crippen LogP contribution in [0.1, 0.15) is 84.9 Å². The highest BCUT2D eigenvalue weighted by Gasteiger charge is 2.38. The summed E-state index contributed by atoms with van der Waals surface area (Å²) < 4.78 is 56.8. The highest BCUT2D eigenvalue weighted by Crippen LogP contribution is 2.48. The van der Waals surface area contributed by atoms with E-state index in [4.69, 9.17) is 16.6 Å². The molecule has 9 aromatic rings. The topological polar surface area (TPSA) is 35.9 Å². The fraction of sp³-hybridized carbons (Fsp3) is 0.222. The Balaban J connectivity index is 1.12. The summed E-state index contributed by atoms with van der Waals surface area (Å²) >= 11 is 0. The fourth-order valence-electron chi connectivity index (χ4n) is 8.89. The van der Waals surface area contributed by atoms with Gasteiger partial charge in [-0.3, -0.25) is 13.7 Å². The number of fused-ring (bicyclic) bond motifs is 5. The van der Waals surface area contributed by atoms with Gasteiger partial charge in [-0.25, -0.2) is 4.98 Å². The largest absolute Gasteiger partial charge is 0.458 e. The first-order chi connectivity index (χ1) is 30.4. The highest BCUT2D eigenvalue weighted by atomic mass is 16.5. The molecule has 0 saturated heterocycles. The molecule has 1 aliphatic rings. The molecule has 5 nitrogen and oxygen atoms in total. The first kappa shape index (κ1) is 31.5. The summed E-state index contributed by atoms with van der Waals surface area (Å²) in [6, 6.07) is 37.5. The van der Waals surface area contributed by atoms with E-state index in [1.165, 1.54) is 11.1 Å². The quantitative estimate of drug-likeness (QED) is 0.125. The highest BCUT2D eigenvalue weighted by molar-refractivity contribution is 6.09. The molecule has 1 aliphatic carbocycles. The van der Waals surface area contributed by atoms with Gasteiger partial charge >= 0.3 is 0 Å². The number of rotatable bonds is 6. The summed E-state index contributed by atoms with van der Waals surface area (Å²) in [5.41, 5.74) is 9.13. The van der Waals surface area contributed by atoms with E-state index in [1.54, 1.807) is 0 Å². The van der Waals surface area contributed by atoms with Gasteiger partial charge < -0.3 is 4.74 Å². The summed E-state index contributed by atoms with van der Waals surface area (Å²) in [6.45, 7) is 15.6. The number of hydrogen-bond donors (Lipinski definition) is 0. The van der Waals surface area contributed by atoms with Crippen molar-refractivity contribution < 1.29 is 16.2 Å². The van der Waals surface area contributed by atoms with Crippen molar-refractivity contribution in [3.63, 3.8) is 0 Å². The first-order valence-electron chi connectivity index (χ1n) is 22.9. The van der Waals surface area contributed by atoms with Crippen LogP contribution in [0.3, 0.4) is 0 Å². The number of hydrogen-bond acceptors (Lipinski definition) is 2. The van der Waals surface area contributed by atoms with Crippen LogP contribution in [0.15, 0.2) is 152 Å². The maximum Gasteiger partial charge on any atom is 0.269 e. The minimum atomic E-state index is -0.414. The summed E-state index contributed by atoms with van der Waals surface area (Å²) in [5.74, 6) is 2.17. The molecule has 0 radical (unpaired) electrons. The van der Waals surface area contributed by atoms with E-state index in [9.17, 15) is 0 Å². The predicted octanol–water partition coefficient (Wildman–Crippen LogP) is 13.3. The van der Waals surface area contributed by atoms with Gasteiger partial charge in [-0.15, -0.1) is 0 Å². The molecule has 0 saturated carbocycles. The Labute approximate surface area is 354 Å². The van der Waals surface area contributed by atoms with Crippen molar-refractivity contribution in [1.29, 1.82) is 0 Å². The van der Waals surface area contributed by atoms with Crippen molar-refractivity contribution >= 4 is 32.8 Å². The molecule has 0 atom stereocenters. The lowest BCUT2D eigenvalue weighted by Gasteiger charge is -2.42. The maximum absolute atomic E-state index is 9.11. The van der Waals surface area contributed by atoms with Crippen molar-refractivity contribution in [3.05, 3.63) is 175 Å². The van der Waals surface area contributed by atoms with Gasteiger partial charge in [0.1, 0.15) is 17.3 Å². The van der Waals surface area contributed by atoms with Crippen LogP contribution in [0.5, 0.6) is 11.5 Å². The van der Waals surface area contributed by atoms with E-state index >= 15 is 0 Å². The number of pyridine rings is 1. The third-order valence-electron chi connectivity index (χ3n) is 12.3. The molecule has 0 spiro atoms. The van der Waals surface area contributed by atoms with E-state index in [0.717, 1.165) is 62.7 Å². The second-order valence-corrected chi connectivity index (χ2v) is 18.2. The molecular weight excluding hydrogens is 721 g/mol. The van der Waals surface area contributed by atoms with Crippen LogP contribution in [0.25, 0.3) is 61.2 Å². The van der Waals surface area contributed by atoms with Gasteiger partial charge in [0, 0.05) is 23.0 Å². The average Bonchev–Trinajstić information content (AvgIpc) is 3.82. The van der Waals surface area contributed by atoms with Gasteiger partial charge in [0.25, 0.3) is 6.33 Å². The van der Waals surface area contributed by atoms with Crippen molar-refractivity contribution in [3.8, 4) is 39.8 Å². The summed E-state index contributed by atoms with van der Waals surface area (Å²) in [5, 5.41) is 2.24. The number of imidazole rings is 1. The van der Waals surface area contributed by atoms with Crippen LogP contribution in [-0.4, -0.2) is 14.1 Å². The Kier molecular flexibility index (Phi) is 7.24.